The number of nitrogens with zero attached hydrogens (tertiary/aromatic N) is 1. The number of nitriles is 1. The number of nitrogens with one attached hydrogen (secondary N) is 1. The average Bonchev–Trinajstić information content (AvgIpc) is 3.47. The van der Waals surface area contributed by atoms with Crippen molar-refractivity contribution < 1.29 is 18.7 Å². The number of hydrogen-bond acceptors (Lipinski definition) is 5. The van der Waals surface area contributed by atoms with Crippen LogP contribution < -0.4 is 5.32 Å². The Balaban J connectivity index is 1.60. The van der Waals surface area contributed by atoms with Crippen molar-refractivity contribution in [2.75, 3.05) is 11.9 Å². The largest absolute Gasteiger partial charge is 0.455 e. The second-order valence-electron chi connectivity index (χ2n) is 7.49. The molecule has 0 unspecified atom stereocenters. The van der Waals surface area contributed by atoms with Crippen LogP contribution >= 0.6 is 0 Å². The fraction of sp³-hybridized carbons (Fsp3) is 0.240. The summed E-state index contributed by atoms with van der Waals surface area (Å²) in [6.07, 6.45) is 3.62. The number of furan rings is 1. The number of esters is 1. The third-order valence-corrected chi connectivity index (χ3v) is 5.41. The standard InChI is InChI=1S/C25H22N2O4/c26-15-20-22(17-9-3-1-4-10-17)23(18-11-5-2-6-12-18)31-24(20)27-21(28)16-30-25(29)19-13-7-8-14-19/h1-6,9-12,19H,7-8,13-14,16H2,(H,27,28). The van der Waals surface area contributed by atoms with Crippen LogP contribution in [0.1, 0.15) is 31.2 Å². The third kappa shape index (κ3) is 4.51. The number of benzene rings is 2. The molecule has 6 heteroatoms. The summed E-state index contributed by atoms with van der Waals surface area (Å²) in [7, 11) is 0. The number of anilines is 1. The molecule has 0 bridgehead atoms. The van der Waals surface area contributed by atoms with E-state index in [9.17, 15) is 14.9 Å². The van der Waals surface area contributed by atoms with Gasteiger partial charge in [-0.25, -0.2) is 0 Å². The first-order chi connectivity index (χ1) is 15.2. The van der Waals surface area contributed by atoms with Gasteiger partial charge in [0.2, 0.25) is 5.88 Å². The zero-order valence-electron chi connectivity index (χ0n) is 17.0. The van der Waals surface area contributed by atoms with Crippen LogP contribution in [0.2, 0.25) is 0 Å². The zero-order valence-corrected chi connectivity index (χ0v) is 17.0. The summed E-state index contributed by atoms with van der Waals surface area (Å²) in [6, 6.07) is 20.9. The predicted molar refractivity (Wildman–Crippen MR) is 116 cm³/mol. The topological polar surface area (TPSA) is 92.3 Å². The Morgan fingerprint density at radius 3 is 2.23 bits per heavy atom. The molecule has 156 valence electrons. The van der Waals surface area contributed by atoms with E-state index in [-0.39, 0.29) is 23.3 Å². The smallest absolute Gasteiger partial charge is 0.309 e. The molecule has 6 nitrogen and oxygen atoms in total. The molecule has 31 heavy (non-hydrogen) atoms. The molecular formula is C25H22N2O4. The number of amides is 1. The SMILES string of the molecule is N#Cc1c(NC(=O)COC(=O)C2CCCC2)oc(-c2ccccc2)c1-c1ccccc1. The molecule has 1 aliphatic carbocycles. The minimum Gasteiger partial charge on any atom is -0.455 e. The zero-order chi connectivity index (χ0) is 21.6. The lowest BCUT2D eigenvalue weighted by Gasteiger charge is -2.09. The van der Waals surface area contributed by atoms with Gasteiger partial charge < -0.3 is 9.15 Å². The van der Waals surface area contributed by atoms with Crippen molar-refractivity contribution in [2.24, 2.45) is 5.92 Å². The maximum atomic E-state index is 12.4. The molecule has 1 saturated carbocycles. The summed E-state index contributed by atoms with van der Waals surface area (Å²) < 4.78 is 11.1. The van der Waals surface area contributed by atoms with E-state index in [4.69, 9.17) is 9.15 Å². The summed E-state index contributed by atoms with van der Waals surface area (Å²) in [5.41, 5.74) is 2.41. The van der Waals surface area contributed by atoms with Crippen molar-refractivity contribution in [1.29, 1.82) is 5.26 Å². The highest BCUT2D eigenvalue weighted by Crippen LogP contribution is 2.41. The van der Waals surface area contributed by atoms with Crippen molar-refractivity contribution >= 4 is 17.8 Å². The van der Waals surface area contributed by atoms with Crippen LogP contribution in [0, 0.1) is 17.2 Å². The molecule has 2 aromatic carbocycles. The van der Waals surface area contributed by atoms with E-state index in [2.05, 4.69) is 11.4 Å². The van der Waals surface area contributed by atoms with E-state index in [0.29, 0.717) is 11.3 Å². The first-order valence-electron chi connectivity index (χ1n) is 10.3. The molecule has 1 aliphatic rings. The Bertz CT molecular complexity index is 1110. The Hall–Kier alpha value is -3.85. The summed E-state index contributed by atoms with van der Waals surface area (Å²) in [5, 5.41) is 12.5. The summed E-state index contributed by atoms with van der Waals surface area (Å²) in [6.45, 7) is -0.414. The van der Waals surface area contributed by atoms with E-state index in [0.717, 1.165) is 36.8 Å². The summed E-state index contributed by atoms with van der Waals surface area (Å²) >= 11 is 0. The lowest BCUT2D eigenvalue weighted by Crippen LogP contribution is -2.23. The highest BCUT2D eigenvalue weighted by atomic mass is 16.5. The van der Waals surface area contributed by atoms with E-state index in [1.807, 2.05) is 60.7 Å². The Morgan fingerprint density at radius 2 is 1.61 bits per heavy atom. The number of carbonyl (C=O) groups excluding carboxylic acids is 2. The van der Waals surface area contributed by atoms with Crippen LogP contribution in [0.15, 0.2) is 65.1 Å². The fourth-order valence-corrected chi connectivity index (χ4v) is 3.88. The highest BCUT2D eigenvalue weighted by Gasteiger charge is 2.26. The number of ether oxygens (including phenoxy) is 1. The van der Waals surface area contributed by atoms with Gasteiger partial charge in [-0.15, -0.1) is 0 Å². The number of carbonyl (C=O) groups is 2. The van der Waals surface area contributed by atoms with Crippen molar-refractivity contribution in [3.05, 3.63) is 66.2 Å². The number of rotatable bonds is 6. The van der Waals surface area contributed by atoms with Gasteiger partial charge in [-0.3, -0.25) is 14.9 Å². The highest BCUT2D eigenvalue weighted by molar-refractivity contribution is 5.96. The number of hydrogen-bond donors (Lipinski definition) is 1. The summed E-state index contributed by atoms with van der Waals surface area (Å²) in [4.78, 5) is 24.5. The quantitative estimate of drug-likeness (QED) is 0.563. The third-order valence-electron chi connectivity index (χ3n) is 5.41. The van der Waals surface area contributed by atoms with Gasteiger partial charge in [0.1, 0.15) is 17.4 Å². The van der Waals surface area contributed by atoms with E-state index >= 15 is 0 Å². The predicted octanol–water partition coefficient (Wildman–Crippen LogP) is 5.16. The first-order valence-corrected chi connectivity index (χ1v) is 10.3. The van der Waals surface area contributed by atoms with Crippen LogP contribution in [0.25, 0.3) is 22.5 Å². The van der Waals surface area contributed by atoms with Gasteiger partial charge >= 0.3 is 5.97 Å². The Labute approximate surface area is 180 Å². The van der Waals surface area contributed by atoms with Crippen LogP contribution in [0.5, 0.6) is 0 Å². The van der Waals surface area contributed by atoms with Gasteiger partial charge in [-0.2, -0.15) is 5.26 Å². The lowest BCUT2D eigenvalue weighted by atomic mass is 9.98. The first kappa shape index (κ1) is 20.4. The van der Waals surface area contributed by atoms with Gasteiger partial charge in [0, 0.05) is 11.1 Å². The maximum Gasteiger partial charge on any atom is 0.309 e. The molecular weight excluding hydrogens is 392 g/mol. The fourth-order valence-electron chi connectivity index (χ4n) is 3.88. The average molecular weight is 414 g/mol. The molecule has 1 heterocycles. The van der Waals surface area contributed by atoms with Gasteiger partial charge in [-0.1, -0.05) is 73.5 Å². The van der Waals surface area contributed by atoms with Crippen molar-refractivity contribution in [1.82, 2.24) is 0 Å². The minimum atomic E-state index is -0.546. The molecule has 3 aromatic rings. The van der Waals surface area contributed by atoms with Gasteiger partial charge in [0.15, 0.2) is 6.61 Å². The molecule has 1 aromatic heterocycles. The molecule has 0 spiro atoms. The van der Waals surface area contributed by atoms with Crippen LogP contribution in [0.3, 0.4) is 0 Å². The molecule has 0 saturated heterocycles. The van der Waals surface area contributed by atoms with Gasteiger partial charge in [0.25, 0.3) is 5.91 Å². The Morgan fingerprint density at radius 1 is 1.00 bits per heavy atom. The summed E-state index contributed by atoms with van der Waals surface area (Å²) in [5.74, 6) is -0.484. The molecule has 1 fully saturated rings. The van der Waals surface area contributed by atoms with E-state index in [1.54, 1.807) is 0 Å². The van der Waals surface area contributed by atoms with E-state index < -0.39 is 12.5 Å². The maximum absolute atomic E-state index is 12.4. The van der Waals surface area contributed by atoms with Crippen molar-refractivity contribution in [3.8, 4) is 28.5 Å². The van der Waals surface area contributed by atoms with Gasteiger partial charge in [-0.05, 0) is 18.4 Å². The molecule has 1 N–H and O–H groups in total. The molecule has 4 rings (SSSR count). The second-order valence-corrected chi connectivity index (χ2v) is 7.49. The van der Waals surface area contributed by atoms with Crippen LogP contribution in [0.4, 0.5) is 5.88 Å². The van der Waals surface area contributed by atoms with Gasteiger partial charge in [0.05, 0.1) is 5.92 Å². The van der Waals surface area contributed by atoms with Crippen LogP contribution in [-0.2, 0) is 14.3 Å². The lowest BCUT2D eigenvalue weighted by molar-refractivity contribution is -0.151. The monoisotopic (exact) mass is 414 g/mol. The van der Waals surface area contributed by atoms with Crippen LogP contribution in [-0.4, -0.2) is 18.5 Å². The second kappa shape index (κ2) is 9.31. The van der Waals surface area contributed by atoms with Crippen molar-refractivity contribution in [2.45, 2.75) is 25.7 Å². The van der Waals surface area contributed by atoms with E-state index in [1.165, 1.54) is 0 Å². The molecule has 0 radical (unpaired) electrons. The normalized spacial score (nSPS) is 13.5. The van der Waals surface area contributed by atoms with Crippen molar-refractivity contribution in [3.63, 3.8) is 0 Å². The minimum absolute atomic E-state index is 0.0436. The molecule has 0 aliphatic heterocycles. The molecule has 1 amide bonds. The Kier molecular flexibility index (Phi) is 6.13. The molecule has 0 atom stereocenters.